The van der Waals surface area contributed by atoms with Gasteiger partial charge in [0.1, 0.15) is 24.0 Å². The molecule has 1 aromatic heterocycles. The van der Waals surface area contributed by atoms with Crippen molar-refractivity contribution in [2.45, 2.75) is 57.8 Å². The van der Waals surface area contributed by atoms with Crippen LogP contribution >= 0.6 is 0 Å². The zero-order valence-corrected chi connectivity index (χ0v) is 21.6. The maximum atomic E-state index is 13.2. The molecule has 10 nitrogen and oxygen atoms in total. The fourth-order valence-electron chi connectivity index (χ4n) is 4.36. The highest BCUT2D eigenvalue weighted by Gasteiger charge is 2.36. The molecule has 0 spiro atoms. The number of rotatable bonds is 9. The Morgan fingerprint density at radius 3 is 2.57 bits per heavy atom. The van der Waals surface area contributed by atoms with Gasteiger partial charge in [0.25, 0.3) is 5.91 Å². The predicted octanol–water partition coefficient (Wildman–Crippen LogP) is 3.33. The molecule has 10 heteroatoms. The molecule has 3 rings (SSSR count). The Kier molecular flexibility index (Phi) is 10.3. The molecular weight excluding hydrogens is 480 g/mol. The van der Waals surface area contributed by atoms with Crippen molar-refractivity contribution < 1.29 is 38.1 Å². The monoisotopic (exact) mass is 514 g/mol. The summed E-state index contributed by atoms with van der Waals surface area (Å²) in [4.78, 5) is 41.9. The van der Waals surface area contributed by atoms with Crippen molar-refractivity contribution in [1.82, 2.24) is 10.3 Å². The average molecular weight is 515 g/mol. The van der Waals surface area contributed by atoms with Crippen LogP contribution in [0.4, 0.5) is 0 Å². The van der Waals surface area contributed by atoms with Crippen molar-refractivity contribution >= 4 is 17.8 Å². The summed E-state index contributed by atoms with van der Waals surface area (Å²) in [6, 6.07) is 9.93. The lowest BCUT2D eigenvalue weighted by Gasteiger charge is -2.31. The largest absolute Gasteiger partial charge is 0.493 e. The van der Waals surface area contributed by atoms with Crippen molar-refractivity contribution in [3.8, 4) is 17.2 Å². The van der Waals surface area contributed by atoms with Crippen LogP contribution in [0.1, 0.15) is 50.0 Å². The topological polar surface area (TPSA) is 122 Å². The first-order valence-electron chi connectivity index (χ1n) is 12.3. The van der Waals surface area contributed by atoms with Gasteiger partial charge in [-0.15, -0.1) is 0 Å². The van der Waals surface area contributed by atoms with Crippen molar-refractivity contribution in [2.75, 3.05) is 20.8 Å². The normalized spacial score (nSPS) is 22.0. The molecule has 200 valence electrons. The molecule has 1 fully saturated rings. The van der Waals surface area contributed by atoms with Crippen LogP contribution in [0.3, 0.4) is 0 Å². The number of hydrogen-bond acceptors (Lipinski definition) is 9. The highest BCUT2D eigenvalue weighted by molar-refractivity contribution is 5.98. The van der Waals surface area contributed by atoms with Crippen LogP contribution in [-0.2, 0) is 19.1 Å². The van der Waals surface area contributed by atoms with Crippen LogP contribution in [0.5, 0.6) is 17.2 Å². The molecule has 1 aromatic carbocycles. The Morgan fingerprint density at radius 2 is 1.89 bits per heavy atom. The number of methoxy groups -OCH3 is 2. The molecule has 0 radical (unpaired) electrons. The third-order valence-electron chi connectivity index (χ3n) is 6.14. The van der Waals surface area contributed by atoms with E-state index in [0.29, 0.717) is 25.2 Å². The Bertz CT molecular complexity index is 1060. The van der Waals surface area contributed by atoms with Gasteiger partial charge >= 0.3 is 11.9 Å². The predicted molar refractivity (Wildman–Crippen MR) is 134 cm³/mol. The third kappa shape index (κ3) is 7.66. The Morgan fingerprint density at radius 1 is 1.14 bits per heavy atom. The molecule has 2 heterocycles. The van der Waals surface area contributed by atoms with Gasteiger partial charge in [-0.1, -0.05) is 24.6 Å². The lowest BCUT2D eigenvalue weighted by molar-refractivity contribution is -0.156. The number of nitrogens with one attached hydrogen (secondary N) is 1. The van der Waals surface area contributed by atoms with Gasteiger partial charge in [0.2, 0.25) is 5.75 Å². The minimum absolute atomic E-state index is 0.0630. The van der Waals surface area contributed by atoms with E-state index in [0.717, 1.165) is 12.8 Å². The highest BCUT2D eigenvalue weighted by Crippen LogP contribution is 2.31. The van der Waals surface area contributed by atoms with Crippen LogP contribution < -0.4 is 19.5 Å². The lowest BCUT2D eigenvalue weighted by atomic mass is 9.89. The first kappa shape index (κ1) is 27.9. The van der Waals surface area contributed by atoms with Crippen LogP contribution in [0.25, 0.3) is 0 Å². The Hall–Kier alpha value is -3.66. The molecule has 0 aliphatic carbocycles. The maximum Gasteiger partial charge on any atom is 0.329 e. The fourth-order valence-corrected chi connectivity index (χ4v) is 4.36. The molecule has 0 bridgehead atoms. The van der Waals surface area contributed by atoms with Crippen LogP contribution in [0.15, 0.2) is 42.6 Å². The van der Waals surface area contributed by atoms with Gasteiger partial charge in [0.15, 0.2) is 11.4 Å². The summed E-state index contributed by atoms with van der Waals surface area (Å²) in [5.74, 6) is -1.10. The standard InChI is InChI=1S/C27H34N2O8/c1-17-24(37-20-10-6-5-7-11-20)19(14-16-33-3)9-8-12-21(27(32)35-17)29-26(31)23-25(36-18(2)30)22(34-4)13-15-28-23/h5-7,10-11,13,15,17,19,21,24H,8-9,12,14,16H2,1-4H3,(H,29,31). The smallest absolute Gasteiger partial charge is 0.329 e. The summed E-state index contributed by atoms with van der Waals surface area (Å²) in [7, 11) is 3.03. The summed E-state index contributed by atoms with van der Waals surface area (Å²) >= 11 is 0. The molecule has 4 unspecified atom stereocenters. The number of aromatic nitrogens is 1. The number of hydrogen-bond donors (Lipinski definition) is 1. The minimum Gasteiger partial charge on any atom is -0.493 e. The van der Waals surface area contributed by atoms with E-state index in [2.05, 4.69) is 10.3 Å². The summed E-state index contributed by atoms with van der Waals surface area (Å²) in [6.45, 7) is 3.54. The van der Waals surface area contributed by atoms with E-state index in [1.807, 2.05) is 30.3 Å². The highest BCUT2D eigenvalue weighted by atomic mass is 16.6. The number of nitrogens with zero attached hydrogens (tertiary/aromatic N) is 1. The number of carbonyl (C=O) groups is 3. The van der Waals surface area contributed by atoms with E-state index in [-0.39, 0.29) is 23.1 Å². The van der Waals surface area contributed by atoms with E-state index >= 15 is 0 Å². The molecule has 1 N–H and O–H groups in total. The molecule has 1 aliphatic rings. The van der Waals surface area contributed by atoms with E-state index < -0.39 is 36.1 Å². The fraction of sp³-hybridized carbons (Fsp3) is 0.481. The number of benzene rings is 1. The number of cyclic esters (lactones) is 1. The number of para-hydroxylation sites is 1. The van der Waals surface area contributed by atoms with Crippen molar-refractivity contribution in [1.29, 1.82) is 0 Å². The lowest BCUT2D eigenvalue weighted by Crippen LogP contribution is -2.45. The van der Waals surface area contributed by atoms with Gasteiger partial charge in [0, 0.05) is 38.8 Å². The number of ether oxygens (including phenoxy) is 5. The number of amides is 1. The van der Waals surface area contributed by atoms with Gasteiger partial charge < -0.3 is 29.0 Å². The quantitative estimate of drug-likeness (QED) is 0.502. The Labute approximate surface area is 216 Å². The third-order valence-corrected chi connectivity index (χ3v) is 6.14. The summed E-state index contributed by atoms with van der Waals surface area (Å²) in [5, 5.41) is 2.70. The molecule has 0 saturated carbocycles. The van der Waals surface area contributed by atoms with Gasteiger partial charge in [-0.05, 0) is 38.3 Å². The first-order chi connectivity index (χ1) is 17.8. The molecule has 1 saturated heterocycles. The number of pyridine rings is 1. The average Bonchev–Trinajstić information content (AvgIpc) is 2.93. The summed E-state index contributed by atoms with van der Waals surface area (Å²) < 4.78 is 27.8. The minimum atomic E-state index is -0.924. The van der Waals surface area contributed by atoms with Gasteiger partial charge in [0.05, 0.1) is 7.11 Å². The molecule has 4 atom stereocenters. The zero-order chi connectivity index (χ0) is 26.8. The van der Waals surface area contributed by atoms with Gasteiger partial charge in [-0.2, -0.15) is 0 Å². The summed E-state index contributed by atoms with van der Waals surface area (Å²) in [6.07, 6.45) is 2.83. The van der Waals surface area contributed by atoms with Crippen molar-refractivity contribution in [3.05, 3.63) is 48.3 Å². The second kappa shape index (κ2) is 13.6. The summed E-state index contributed by atoms with van der Waals surface area (Å²) in [5.41, 5.74) is -0.168. The second-order valence-electron chi connectivity index (χ2n) is 8.82. The van der Waals surface area contributed by atoms with Crippen LogP contribution in [0, 0.1) is 5.92 Å². The first-order valence-corrected chi connectivity index (χ1v) is 12.3. The second-order valence-corrected chi connectivity index (χ2v) is 8.82. The van der Waals surface area contributed by atoms with Crippen LogP contribution in [-0.4, -0.2) is 61.9 Å². The molecule has 1 amide bonds. The van der Waals surface area contributed by atoms with Gasteiger partial charge in [-0.25, -0.2) is 9.78 Å². The van der Waals surface area contributed by atoms with E-state index in [4.69, 9.17) is 23.7 Å². The van der Waals surface area contributed by atoms with Gasteiger partial charge in [-0.3, -0.25) is 9.59 Å². The molecule has 1 aliphatic heterocycles. The Balaban J connectivity index is 1.80. The zero-order valence-electron chi connectivity index (χ0n) is 21.6. The SMILES string of the molecule is COCCC1CCCC(NC(=O)c2nccc(OC)c2OC(C)=O)C(=O)OC(C)C1Oc1ccccc1. The number of esters is 2. The molecule has 37 heavy (non-hydrogen) atoms. The van der Waals surface area contributed by atoms with Crippen molar-refractivity contribution in [2.24, 2.45) is 5.92 Å². The van der Waals surface area contributed by atoms with Crippen LogP contribution in [0.2, 0.25) is 0 Å². The molecule has 2 aromatic rings. The van der Waals surface area contributed by atoms with Crippen molar-refractivity contribution in [3.63, 3.8) is 0 Å². The maximum absolute atomic E-state index is 13.2. The number of carbonyl (C=O) groups excluding carboxylic acids is 3. The molecular formula is C27H34N2O8. The van der Waals surface area contributed by atoms with E-state index in [1.54, 1.807) is 14.0 Å². The van der Waals surface area contributed by atoms with E-state index in [9.17, 15) is 14.4 Å². The van der Waals surface area contributed by atoms with E-state index in [1.165, 1.54) is 26.3 Å².